The number of Topliss-reactive ketones (excluding diaryl/α,β-unsaturated/α-hetero) is 2. The van der Waals surface area contributed by atoms with Crippen LogP contribution in [0.25, 0.3) is 0 Å². The fourth-order valence-electron chi connectivity index (χ4n) is 5.00. The zero-order valence-corrected chi connectivity index (χ0v) is 25.7. The minimum atomic E-state index is -4.55. The fraction of sp³-hybridized carbons (Fsp3) is 0.484. The number of carbonyl (C=O) groups is 4. The van der Waals surface area contributed by atoms with Crippen molar-refractivity contribution >= 4 is 23.4 Å². The van der Waals surface area contributed by atoms with Crippen molar-refractivity contribution in [2.24, 2.45) is 11.8 Å². The number of esters is 1. The van der Waals surface area contributed by atoms with Gasteiger partial charge in [0.05, 0.1) is 26.0 Å². The third-order valence-electron chi connectivity index (χ3n) is 7.25. The highest BCUT2D eigenvalue weighted by molar-refractivity contribution is 5.89. The van der Waals surface area contributed by atoms with Gasteiger partial charge in [-0.3, -0.25) is 19.2 Å². The summed E-state index contributed by atoms with van der Waals surface area (Å²) in [6.07, 6.45) is -9.39. The Morgan fingerprint density at radius 2 is 1.58 bits per heavy atom. The number of nitrogens with zero attached hydrogens (tertiary/aromatic N) is 1. The lowest BCUT2D eigenvalue weighted by atomic mass is 9.88. The number of rotatable bonds is 13. The van der Waals surface area contributed by atoms with Gasteiger partial charge in [-0.1, -0.05) is 12.1 Å². The topological polar surface area (TPSA) is 174 Å². The maximum Gasteiger partial charge on any atom is 0.406 e. The number of halogens is 6. The molecule has 0 aliphatic carbocycles. The monoisotopic (exact) mass is 694 g/mol. The highest BCUT2D eigenvalue weighted by Gasteiger charge is 2.38. The first-order valence-corrected chi connectivity index (χ1v) is 14.4. The number of benzene rings is 2. The first-order chi connectivity index (χ1) is 22.3. The molecule has 0 spiro atoms. The van der Waals surface area contributed by atoms with Crippen LogP contribution in [0.3, 0.4) is 0 Å². The molecular formula is C31H36F6N2O9. The maximum absolute atomic E-state index is 12.7. The third kappa shape index (κ3) is 13.5. The van der Waals surface area contributed by atoms with Gasteiger partial charge in [0, 0.05) is 25.4 Å². The Morgan fingerprint density at radius 3 is 2.17 bits per heavy atom. The van der Waals surface area contributed by atoms with Gasteiger partial charge in [0.2, 0.25) is 5.91 Å². The van der Waals surface area contributed by atoms with E-state index in [9.17, 15) is 55.7 Å². The Balaban J connectivity index is 0.000000334. The lowest BCUT2D eigenvalue weighted by Gasteiger charge is -2.25. The number of ether oxygens (including phenoxy) is 1. The Morgan fingerprint density at radius 1 is 0.938 bits per heavy atom. The van der Waals surface area contributed by atoms with E-state index in [1.165, 1.54) is 30.3 Å². The van der Waals surface area contributed by atoms with Crippen LogP contribution in [0.5, 0.6) is 11.5 Å². The van der Waals surface area contributed by atoms with Gasteiger partial charge in [0.25, 0.3) is 0 Å². The number of alkyl halides is 6. The third-order valence-corrected chi connectivity index (χ3v) is 7.25. The SMILES string of the molecule is COC(=O)C[C@@H]1Cc2ccc(O)cc2CN(CC(F)(F)F)C1=O.O=C(CO)C[C@H](Cc1ccc(O)cc1CNCC(F)(F)F)C(=O)CO. The molecule has 266 valence electrons. The van der Waals surface area contributed by atoms with Crippen LogP contribution in [0.15, 0.2) is 36.4 Å². The average molecular weight is 695 g/mol. The molecule has 5 N–H and O–H groups in total. The summed E-state index contributed by atoms with van der Waals surface area (Å²) in [5, 5.41) is 39.1. The van der Waals surface area contributed by atoms with E-state index in [0.29, 0.717) is 27.2 Å². The number of nitrogens with one attached hydrogen (secondary N) is 1. The molecule has 0 aromatic heterocycles. The van der Waals surface area contributed by atoms with Crippen molar-refractivity contribution in [3.05, 3.63) is 58.7 Å². The second kappa shape index (κ2) is 17.8. The molecule has 1 aliphatic rings. The molecule has 0 bridgehead atoms. The minimum absolute atomic E-state index is 0.00551. The van der Waals surface area contributed by atoms with Crippen molar-refractivity contribution in [3.8, 4) is 11.5 Å². The lowest BCUT2D eigenvalue weighted by molar-refractivity contribution is -0.165. The van der Waals surface area contributed by atoms with Crippen LogP contribution in [0.1, 0.15) is 35.1 Å². The van der Waals surface area contributed by atoms with E-state index in [1.54, 1.807) is 6.07 Å². The first kappa shape index (κ1) is 40.0. The van der Waals surface area contributed by atoms with Crippen molar-refractivity contribution < 1.29 is 70.7 Å². The Bertz CT molecular complexity index is 1430. The minimum Gasteiger partial charge on any atom is -0.508 e. The van der Waals surface area contributed by atoms with E-state index in [-0.39, 0.29) is 50.3 Å². The molecule has 2 atom stereocenters. The van der Waals surface area contributed by atoms with E-state index in [4.69, 9.17) is 10.2 Å². The van der Waals surface area contributed by atoms with Gasteiger partial charge in [-0.2, -0.15) is 26.3 Å². The summed E-state index contributed by atoms with van der Waals surface area (Å²) in [5.41, 5.74) is 1.88. The van der Waals surface area contributed by atoms with Crippen molar-refractivity contribution in [2.75, 3.05) is 33.4 Å². The van der Waals surface area contributed by atoms with Crippen LogP contribution < -0.4 is 5.32 Å². The molecule has 0 unspecified atom stereocenters. The summed E-state index contributed by atoms with van der Waals surface area (Å²) in [7, 11) is 1.16. The van der Waals surface area contributed by atoms with Crippen molar-refractivity contribution in [3.63, 3.8) is 0 Å². The van der Waals surface area contributed by atoms with Crippen molar-refractivity contribution in [1.29, 1.82) is 0 Å². The van der Waals surface area contributed by atoms with Crippen LogP contribution >= 0.6 is 0 Å². The number of amides is 1. The summed E-state index contributed by atoms with van der Waals surface area (Å²) in [4.78, 5) is 47.7. The highest BCUT2D eigenvalue weighted by Crippen LogP contribution is 2.30. The van der Waals surface area contributed by atoms with Gasteiger partial charge in [0.1, 0.15) is 31.3 Å². The maximum atomic E-state index is 12.7. The summed E-state index contributed by atoms with van der Waals surface area (Å²) in [5.74, 6) is -4.66. The van der Waals surface area contributed by atoms with E-state index >= 15 is 0 Å². The molecule has 0 radical (unpaired) electrons. The number of aliphatic hydroxyl groups excluding tert-OH is 2. The quantitative estimate of drug-likeness (QED) is 0.155. The van der Waals surface area contributed by atoms with Gasteiger partial charge in [-0.25, -0.2) is 0 Å². The standard InChI is InChI=1S/C16H20F3NO5.C15H16F3NO4/c17-16(18,19)9-20-6-12-5-13(23)2-1-10(12)3-11(15(25)8-22)4-14(24)7-21;1-23-13(21)6-10-4-9-2-3-12(20)5-11(9)7-19(14(10)22)8-15(16,17)18/h1-2,5,11,20-23H,3-4,6-9H2;2-3,5,10,20H,4,6-8H2,1H3/t11-;10-/m00/s1. The molecule has 3 rings (SSSR count). The summed E-state index contributed by atoms with van der Waals surface area (Å²) >= 11 is 0. The lowest BCUT2D eigenvalue weighted by Crippen LogP contribution is -2.41. The molecule has 1 amide bonds. The van der Waals surface area contributed by atoms with Gasteiger partial charge in [0.15, 0.2) is 11.6 Å². The van der Waals surface area contributed by atoms with Crippen LogP contribution in [0, 0.1) is 11.8 Å². The number of aromatic hydroxyl groups is 2. The average Bonchev–Trinajstić information content (AvgIpc) is 3.11. The number of hydrogen-bond donors (Lipinski definition) is 5. The Kier molecular flexibility index (Phi) is 14.8. The molecular weight excluding hydrogens is 658 g/mol. The van der Waals surface area contributed by atoms with E-state index in [2.05, 4.69) is 10.1 Å². The van der Waals surface area contributed by atoms with Crippen LogP contribution in [-0.4, -0.2) is 94.5 Å². The zero-order chi connectivity index (χ0) is 36.2. The van der Waals surface area contributed by atoms with Gasteiger partial charge in [-0.15, -0.1) is 0 Å². The summed E-state index contributed by atoms with van der Waals surface area (Å²) in [6.45, 7) is -4.62. The number of aliphatic hydroxyl groups is 2. The smallest absolute Gasteiger partial charge is 0.406 e. The van der Waals surface area contributed by atoms with Gasteiger partial charge in [-0.05, 0) is 59.4 Å². The number of phenolic OH excluding ortho intramolecular Hbond substituents is 2. The molecule has 0 fully saturated rings. The van der Waals surface area contributed by atoms with E-state index < -0.39 is 73.9 Å². The normalized spacial score (nSPS) is 15.5. The number of fused-ring (bicyclic) bond motifs is 1. The van der Waals surface area contributed by atoms with E-state index in [0.717, 1.165) is 7.11 Å². The highest BCUT2D eigenvalue weighted by atomic mass is 19.4. The molecule has 0 saturated heterocycles. The summed E-state index contributed by atoms with van der Waals surface area (Å²) in [6, 6.07) is 8.33. The zero-order valence-electron chi connectivity index (χ0n) is 25.7. The molecule has 1 aliphatic heterocycles. The first-order valence-electron chi connectivity index (χ1n) is 14.4. The number of phenols is 2. The van der Waals surface area contributed by atoms with E-state index in [1.807, 2.05) is 0 Å². The predicted octanol–water partition coefficient (Wildman–Crippen LogP) is 2.73. The number of hydrogen-bond acceptors (Lipinski definition) is 10. The second-order valence-corrected chi connectivity index (χ2v) is 11.0. The second-order valence-electron chi connectivity index (χ2n) is 11.0. The number of methoxy groups -OCH3 is 1. The number of carbonyl (C=O) groups excluding carboxylic acids is 4. The molecule has 48 heavy (non-hydrogen) atoms. The molecule has 2 aromatic rings. The Hall–Kier alpha value is -4.22. The molecule has 0 saturated carbocycles. The van der Waals surface area contributed by atoms with Crippen LogP contribution in [0.2, 0.25) is 0 Å². The summed E-state index contributed by atoms with van der Waals surface area (Å²) < 4.78 is 79.4. The molecule has 17 heteroatoms. The van der Waals surface area contributed by atoms with Gasteiger partial charge < -0.3 is 35.4 Å². The van der Waals surface area contributed by atoms with Crippen LogP contribution in [-0.2, 0) is 49.8 Å². The van der Waals surface area contributed by atoms with Crippen molar-refractivity contribution in [1.82, 2.24) is 10.2 Å². The predicted molar refractivity (Wildman–Crippen MR) is 155 cm³/mol. The largest absolute Gasteiger partial charge is 0.508 e. The molecule has 2 aromatic carbocycles. The van der Waals surface area contributed by atoms with Crippen molar-refractivity contribution in [2.45, 2.75) is 51.1 Å². The number of ketones is 2. The van der Waals surface area contributed by atoms with Gasteiger partial charge >= 0.3 is 18.3 Å². The van der Waals surface area contributed by atoms with Crippen LogP contribution in [0.4, 0.5) is 26.3 Å². The Labute approximate surface area is 271 Å². The molecule has 11 nitrogen and oxygen atoms in total. The molecule has 1 heterocycles. The fourth-order valence-corrected chi connectivity index (χ4v) is 5.00.